The number of methoxy groups -OCH3 is 1. The van der Waals surface area contributed by atoms with Crippen molar-refractivity contribution in [2.24, 2.45) is 0 Å². The van der Waals surface area contributed by atoms with Crippen molar-refractivity contribution in [2.45, 2.75) is 18.7 Å². The van der Waals surface area contributed by atoms with E-state index >= 15 is 0 Å². The molecule has 3 rings (SSSR count). The summed E-state index contributed by atoms with van der Waals surface area (Å²) in [4.78, 5) is 13.6. The Bertz CT molecular complexity index is 1050. The number of amides is 1. The predicted octanol–water partition coefficient (Wildman–Crippen LogP) is 2.06. The molecule has 10 heteroatoms. The highest BCUT2D eigenvalue weighted by atomic mass is 32.2. The van der Waals surface area contributed by atoms with Gasteiger partial charge in [0.15, 0.2) is 5.76 Å². The molecule has 2 aromatic rings. The van der Waals surface area contributed by atoms with Crippen LogP contribution >= 0.6 is 0 Å². The molecule has 0 saturated carbocycles. The molecule has 0 spiro atoms. The van der Waals surface area contributed by atoms with Gasteiger partial charge in [0.05, 0.1) is 7.11 Å². The van der Waals surface area contributed by atoms with Gasteiger partial charge in [-0.25, -0.2) is 8.42 Å². The van der Waals surface area contributed by atoms with Gasteiger partial charge in [-0.15, -0.1) is 0 Å². The lowest BCUT2D eigenvalue weighted by atomic mass is 10.2. The first-order valence-corrected chi connectivity index (χ1v) is 10.9. The van der Waals surface area contributed by atoms with E-state index in [-0.39, 0.29) is 10.8 Å². The number of nitrogens with zero attached hydrogens (tertiary/aromatic N) is 3. The highest BCUT2D eigenvalue weighted by Gasteiger charge is 2.30. The van der Waals surface area contributed by atoms with Crippen LogP contribution in [0.5, 0.6) is 5.75 Å². The summed E-state index contributed by atoms with van der Waals surface area (Å²) >= 11 is 0. The number of sulfonamides is 1. The zero-order chi connectivity index (χ0) is 21.9. The lowest BCUT2D eigenvalue weighted by Gasteiger charge is -2.31. The van der Waals surface area contributed by atoms with E-state index < -0.39 is 10.0 Å². The van der Waals surface area contributed by atoms with Crippen molar-refractivity contribution >= 4 is 33.8 Å². The number of hydrogen-bond donors (Lipinski definition) is 1. The van der Waals surface area contributed by atoms with Gasteiger partial charge in [0.2, 0.25) is 15.9 Å². The number of carbonyl (C=O) groups excluding carboxylic acids is 1. The molecule has 0 aliphatic carbocycles. The molecule has 1 amide bonds. The zero-order valence-electron chi connectivity index (χ0n) is 17.5. The maximum atomic E-state index is 13.2. The van der Waals surface area contributed by atoms with Crippen LogP contribution in [-0.2, 0) is 14.8 Å². The van der Waals surface area contributed by atoms with Crippen molar-refractivity contribution in [1.29, 1.82) is 0 Å². The number of nitrogens with one attached hydrogen (secondary N) is 1. The van der Waals surface area contributed by atoms with E-state index in [1.54, 1.807) is 37.3 Å². The van der Waals surface area contributed by atoms with Gasteiger partial charge in [-0.2, -0.15) is 4.31 Å². The first-order chi connectivity index (χ1) is 14.2. The Labute approximate surface area is 176 Å². The van der Waals surface area contributed by atoms with Crippen LogP contribution in [0.15, 0.2) is 27.6 Å². The SMILES string of the molecule is COc1ccc(/C=C\c2onc(C)c2NC(C)=O)cc1S(=O)(=O)N1CCN(C)CC1. The van der Waals surface area contributed by atoms with Gasteiger partial charge < -0.3 is 19.5 Å². The summed E-state index contributed by atoms with van der Waals surface area (Å²) in [5.74, 6) is 0.434. The minimum atomic E-state index is -3.70. The molecular formula is C20H26N4O5S. The summed E-state index contributed by atoms with van der Waals surface area (Å²) < 4.78 is 38.5. The Morgan fingerprint density at radius 3 is 2.57 bits per heavy atom. The largest absolute Gasteiger partial charge is 0.495 e. The van der Waals surface area contributed by atoms with Crippen LogP contribution in [0.4, 0.5) is 5.69 Å². The summed E-state index contributed by atoms with van der Waals surface area (Å²) in [6.07, 6.45) is 3.34. The molecule has 1 aliphatic rings. The number of anilines is 1. The number of carbonyl (C=O) groups is 1. The Kier molecular flexibility index (Phi) is 6.59. The van der Waals surface area contributed by atoms with Gasteiger partial charge >= 0.3 is 0 Å². The molecule has 30 heavy (non-hydrogen) atoms. The zero-order valence-corrected chi connectivity index (χ0v) is 18.3. The molecular weight excluding hydrogens is 408 g/mol. The molecule has 0 atom stereocenters. The molecule has 9 nitrogen and oxygen atoms in total. The predicted molar refractivity (Wildman–Crippen MR) is 114 cm³/mol. The van der Waals surface area contributed by atoms with Crippen LogP contribution in [0.2, 0.25) is 0 Å². The van der Waals surface area contributed by atoms with Crippen molar-refractivity contribution in [3.05, 3.63) is 35.2 Å². The fourth-order valence-corrected chi connectivity index (χ4v) is 4.78. The highest BCUT2D eigenvalue weighted by molar-refractivity contribution is 7.89. The van der Waals surface area contributed by atoms with Crippen LogP contribution in [0.1, 0.15) is 23.9 Å². The second-order valence-corrected chi connectivity index (χ2v) is 9.05. The number of aromatic nitrogens is 1. The average Bonchev–Trinajstić information content (AvgIpc) is 3.05. The second kappa shape index (κ2) is 8.99. The van der Waals surface area contributed by atoms with Crippen molar-refractivity contribution in [3.8, 4) is 5.75 Å². The topological polar surface area (TPSA) is 105 Å². The Morgan fingerprint density at radius 2 is 1.93 bits per heavy atom. The number of aryl methyl sites for hydroxylation is 1. The van der Waals surface area contributed by atoms with Gasteiger partial charge in [0.25, 0.3) is 0 Å². The monoisotopic (exact) mass is 434 g/mol. The van der Waals surface area contributed by atoms with Gasteiger partial charge in [-0.3, -0.25) is 4.79 Å². The number of hydrogen-bond acceptors (Lipinski definition) is 7. The van der Waals surface area contributed by atoms with Crippen molar-refractivity contribution in [3.63, 3.8) is 0 Å². The molecule has 1 aliphatic heterocycles. The van der Waals surface area contributed by atoms with Crippen LogP contribution in [-0.4, -0.2) is 69.0 Å². The quantitative estimate of drug-likeness (QED) is 0.742. The van der Waals surface area contributed by atoms with Crippen molar-refractivity contribution in [2.75, 3.05) is 45.7 Å². The smallest absolute Gasteiger partial charge is 0.246 e. The van der Waals surface area contributed by atoms with E-state index in [4.69, 9.17) is 9.26 Å². The molecule has 162 valence electrons. The Balaban J connectivity index is 1.92. The molecule has 1 fully saturated rings. The first-order valence-electron chi connectivity index (χ1n) is 9.51. The van der Waals surface area contributed by atoms with Crippen LogP contribution < -0.4 is 10.1 Å². The van der Waals surface area contributed by atoms with Gasteiger partial charge in [0.1, 0.15) is 22.0 Å². The van der Waals surface area contributed by atoms with Crippen molar-refractivity contribution < 1.29 is 22.5 Å². The lowest BCUT2D eigenvalue weighted by molar-refractivity contribution is -0.114. The van der Waals surface area contributed by atoms with Gasteiger partial charge in [-0.1, -0.05) is 17.3 Å². The minimum Gasteiger partial charge on any atom is -0.495 e. The maximum Gasteiger partial charge on any atom is 0.246 e. The first kappa shape index (κ1) is 22.0. The molecule has 0 unspecified atom stereocenters. The minimum absolute atomic E-state index is 0.118. The van der Waals surface area contributed by atoms with Gasteiger partial charge in [0, 0.05) is 33.1 Å². The van der Waals surface area contributed by atoms with E-state index in [0.29, 0.717) is 54.6 Å². The number of rotatable bonds is 6. The Morgan fingerprint density at radius 1 is 1.23 bits per heavy atom. The molecule has 1 N–H and O–H groups in total. The molecule has 1 saturated heterocycles. The van der Waals surface area contributed by atoms with E-state index in [1.807, 2.05) is 7.05 Å². The highest BCUT2D eigenvalue weighted by Crippen LogP contribution is 2.30. The summed E-state index contributed by atoms with van der Waals surface area (Å²) in [5.41, 5.74) is 1.68. The third kappa shape index (κ3) is 4.72. The lowest BCUT2D eigenvalue weighted by Crippen LogP contribution is -2.47. The Hall–Kier alpha value is -2.69. The summed E-state index contributed by atoms with van der Waals surface area (Å²) in [6, 6.07) is 4.95. The number of benzene rings is 1. The molecule has 2 heterocycles. The van der Waals surface area contributed by atoms with Crippen LogP contribution in [0, 0.1) is 6.92 Å². The van der Waals surface area contributed by atoms with E-state index in [0.717, 1.165) is 0 Å². The third-order valence-electron chi connectivity index (χ3n) is 4.89. The molecule has 0 radical (unpaired) electrons. The number of likely N-dealkylation sites (N-methyl/N-ethyl adjacent to an activating group) is 1. The van der Waals surface area contributed by atoms with Crippen LogP contribution in [0.3, 0.4) is 0 Å². The molecule has 1 aromatic heterocycles. The van der Waals surface area contributed by atoms with E-state index in [9.17, 15) is 13.2 Å². The van der Waals surface area contributed by atoms with E-state index in [2.05, 4.69) is 15.4 Å². The second-order valence-electron chi connectivity index (χ2n) is 7.14. The molecule has 1 aromatic carbocycles. The fraction of sp³-hybridized carbons (Fsp3) is 0.400. The number of piperazine rings is 1. The summed E-state index contributed by atoms with van der Waals surface area (Å²) in [7, 11) is -0.281. The summed E-state index contributed by atoms with van der Waals surface area (Å²) in [5, 5.41) is 6.55. The van der Waals surface area contributed by atoms with Crippen molar-refractivity contribution in [1.82, 2.24) is 14.4 Å². The molecule has 0 bridgehead atoms. The maximum absolute atomic E-state index is 13.2. The van der Waals surface area contributed by atoms with E-state index in [1.165, 1.54) is 18.3 Å². The standard InChI is InChI=1S/C20H26N4O5S/c1-14-20(21-15(2)25)18(29-22-14)8-6-16-5-7-17(28-4)19(13-16)30(26,27)24-11-9-23(3)10-12-24/h5-8,13H,9-12H2,1-4H3,(H,21,25)/b8-6-. The normalized spacial score (nSPS) is 16.1. The number of ether oxygens (including phenoxy) is 1. The fourth-order valence-electron chi connectivity index (χ4n) is 3.17. The summed E-state index contributed by atoms with van der Waals surface area (Å²) in [6.45, 7) is 5.34. The van der Waals surface area contributed by atoms with Gasteiger partial charge in [-0.05, 0) is 37.7 Å². The van der Waals surface area contributed by atoms with Crippen LogP contribution in [0.25, 0.3) is 12.2 Å². The third-order valence-corrected chi connectivity index (χ3v) is 6.80. The average molecular weight is 435 g/mol.